The molecule has 0 bridgehead atoms. The standard InChI is InChI=1S/C5H11NO2/c1-5(6-8)3-2-4-7/h7-8H,2-4H2,1H3/b6-5-. The van der Waals surface area contributed by atoms with Crippen LogP contribution in [-0.4, -0.2) is 22.6 Å². The molecule has 0 saturated carbocycles. The van der Waals surface area contributed by atoms with Crippen molar-refractivity contribution in [1.82, 2.24) is 0 Å². The lowest BCUT2D eigenvalue weighted by Gasteiger charge is -1.91. The first kappa shape index (κ1) is 7.43. The molecule has 0 aliphatic heterocycles. The Morgan fingerprint density at radius 3 is 2.62 bits per heavy atom. The zero-order valence-electron chi connectivity index (χ0n) is 4.96. The predicted octanol–water partition coefficient (Wildman–Crippen LogP) is 0.609. The Balaban J connectivity index is 3.12. The zero-order valence-corrected chi connectivity index (χ0v) is 4.96. The number of aliphatic hydroxyl groups excluding tert-OH is 1. The third kappa shape index (κ3) is 3.61. The first-order valence-corrected chi connectivity index (χ1v) is 2.59. The second-order valence-electron chi connectivity index (χ2n) is 1.66. The largest absolute Gasteiger partial charge is 0.411 e. The van der Waals surface area contributed by atoms with Crippen LogP contribution in [0.1, 0.15) is 19.8 Å². The maximum Gasteiger partial charge on any atom is 0.0540 e. The first-order valence-electron chi connectivity index (χ1n) is 2.59. The Morgan fingerprint density at radius 1 is 1.62 bits per heavy atom. The summed E-state index contributed by atoms with van der Waals surface area (Å²) in [7, 11) is 0. The number of hydrogen-bond donors (Lipinski definition) is 2. The zero-order chi connectivity index (χ0) is 6.41. The molecule has 3 nitrogen and oxygen atoms in total. The molecular formula is C5H11NO2. The fourth-order valence-corrected chi connectivity index (χ4v) is 0.385. The van der Waals surface area contributed by atoms with Gasteiger partial charge in [0, 0.05) is 6.61 Å². The SMILES string of the molecule is C/C(CCCO)=N/O. The minimum Gasteiger partial charge on any atom is -0.411 e. The maximum absolute atomic E-state index is 8.27. The van der Waals surface area contributed by atoms with E-state index in [1.165, 1.54) is 0 Å². The van der Waals surface area contributed by atoms with E-state index < -0.39 is 0 Å². The monoisotopic (exact) mass is 117 g/mol. The van der Waals surface area contributed by atoms with E-state index in [2.05, 4.69) is 5.16 Å². The second kappa shape index (κ2) is 4.59. The van der Waals surface area contributed by atoms with Crippen LogP contribution in [-0.2, 0) is 0 Å². The van der Waals surface area contributed by atoms with E-state index in [1.54, 1.807) is 6.92 Å². The van der Waals surface area contributed by atoms with E-state index in [0.717, 1.165) is 0 Å². The van der Waals surface area contributed by atoms with Gasteiger partial charge in [-0.1, -0.05) is 5.16 Å². The van der Waals surface area contributed by atoms with Crippen molar-refractivity contribution in [3.8, 4) is 0 Å². The van der Waals surface area contributed by atoms with E-state index >= 15 is 0 Å². The smallest absolute Gasteiger partial charge is 0.0540 e. The lowest BCUT2D eigenvalue weighted by Crippen LogP contribution is -1.92. The third-order valence-corrected chi connectivity index (χ3v) is 0.867. The van der Waals surface area contributed by atoms with Gasteiger partial charge in [0.1, 0.15) is 0 Å². The average Bonchev–Trinajstić information content (AvgIpc) is 1.83. The lowest BCUT2D eigenvalue weighted by molar-refractivity contribution is 0.288. The Hall–Kier alpha value is -0.570. The molecule has 0 atom stereocenters. The van der Waals surface area contributed by atoms with Crippen LogP contribution in [0, 0.1) is 0 Å². The molecule has 0 aromatic rings. The summed E-state index contributed by atoms with van der Waals surface area (Å²) < 4.78 is 0. The average molecular weight is 117 g/mol. The van der Waals surface area contributed by atoms with Gasteiger partial charge >= 0.3 is 0 Å². The molecule has 0 saturated heterocycles. The van der Waals surface area contributed by atoms with Gasteiger partial charge in [0.05, 0.1) is 5.71 Å². The highest BCUT2D eigenvalue weighted by Crippen LogP contribution is 1.89. The molecule has 3 heteroatoms. The Bertz CT molecular complexity index is 80.5. The summed E-state index contributed by atoms with van der Waals surface area (Å²) in [5.41, 5.74) is 0.666. The van der Waals surface area contributed by atoms with Crippen LogP contribution in [0.3, 0.4) is 0 Å². The highest BCUT2D eigenvalue weighted by atomic mass is 16.4. The van der Waals surface area contributed by atoms with Crippen molar-refractivity contribution >= 4 is 5.71 Å². The van der Waals surface area contributed by atoms with Crippen molar-refractivity contribution < 1.29 is 10.3 Å². The van der Waals surface area contributed by atoms with Crippen molar-refractivity contribution in [2.45, 2.75) is 19.8 Å². The fourth-order valence-electron chi connectivity index (χ4n) is 0.385. The van der Waals surface area contributed by atoms with Crippen molar-refractivity contribution in [1.29, 1.82) is 0 Å². The van der Waals surface area contributed by atoms with E-state index in [0.29, 0.717) is 18.6 Å². The molecule has 48 valence electrons. The van der Waals surface area contributed by atoms with Crippen LogP contribution in [0.4, 0.5) is 0 Å². The van der Waals surface area contributed by atoms with Crippen LogP contribution in [0.2, 0.25) is 0 Å². The highest BCUT2D eigenvalue weighted by molar-refractivity contribution is 5.81. The van der Waals surface area contributed by atoms with Gasteiger partial charge in [0.25, 0.3) is 0 Å². The summed E-state index contributed by atoms with van der Waals surface area (Å²) in [4.78, 5) is 0. The molecule has 0 rings (SSSR count). The molecule has 0 heterocycles. The fraction of sp³-hybridized carbons (Fsp3) is 0.800. The van der Waals surface area contributed by atoms with Gasteiger partial charge in [-0.2, -0.15) is 0 Å². The maximum atomic E-state index is 8.27. The Morgan fingerprint density at radius 2 is 2.25 bits per heavy atom. The van der Waals surface area contributed by atoms with Gasteiger partial charge in [-0.25, -0.2) is 0 Å². The molecule has 2 N–H and O–H groups in total. The highest BCUT2D eigenvalue weighted by Gasteiger charge is 1.88. The second-order valence-corrected chi connectivity index (χ2v) is 1.66. The third-order valence-electron chi connectivity index (χ3n) is 0.867. The van der Waals surface area contributed by atoms with Crippen LogP contribution in [0.5, 0.6) is 0 Å². The van der Waals surface area contributed by atoms with E-state index in [4.69, 9.17) is 10.3 Å². The molecule has 0 radical (unpaired) electrons. The Labute approximate surface area is 48.6 Å². The van der Waals surface area contributed by atoms with Crippen LogP contribution in [0.15, 0.2) is 5.16 Å². The number of rotatable bonds is 3. The first-order chi connectivity index (χ1) is 3.81. The summed E-state index contributed by atoms with van der Waals surface area (Å²) in [6, 6.07) is 0. The molecule has 0 unspecified atom stereocenters. The van der Waals surface area contributed by atoms with Crippen LogP contribution in [0.25, 0.3) is 0 Å². The normalized spacial score (nSPS) is 12.0. The van der Waals surface area contributed by atoms with Crippen molar-refractivity contribution in [2.24, 2.45) is 5.16 Å². The molecule has 0 fully saturated rings. The summed E-state index contributed by atoms with van der Waals surface area (Å²) in [6.45, 7) is 1.88. The quantitative estimate of drug-likeness (QED) is 0.323. The molecule has 0 amide bonds. The minimum atomic E-state index is 0.160. The molecule has 0 aliphatic carbocycles. The van der Waals surface area contributed by atoms with Gasteiger partial charge in [-0.3, -0.25) is 0 Å². The van der Waals surface area contributed by atoms with Crippen LogP contribution < -0.4 is 0 Å². The molecular weight excluding hydrogens is 106 g/mol. The molecule has 0 spiro atoms. The van der Waals surface area contributed by atoms with E-state index in [1.807, 2.05) is 0 Å². The van der Waals surface area contributed by atoms with Gasteiger partial charge in [0.15, 0.2) is 0 Å². The predicted molar refractivity (Wildman–Crippen MR) is 31.2 cm³/mol. The van der Waals surface area contributed by atoms with Gasteiger partial charge in [0.2, 0.25) is 0 Å². The molecule has 8 heavy (non-hydrogen) atoms. The van der Waals surface area contributed by atoms with E-state index in [9.17, 15) is 0 Å². The topological polar surface area (TPSA) is 52.8 Å². The number of hydrogen-bond acceptors (Lipinski definition) is 3. The van der Waals surface area contributed by atoms with Gasteiger partial charge in [-0.05, 0) is 19.8 Å². The number of nitrogens with zero attached hydrogens (tertiary/aromatic N) is 1. The summed E-state index contributed by atoms with van der Waals surface area (Å²) in [5, 5.41) is 19.3. The van der Waals surface area contributed by atoms with Crippen molar-refractivity contribution in [2.75, 3.05) is 6.61 Å². The lowest BCUT2D eigenvalue weighted by atomic mass is 10.2. The summed E-state index contributed by atoms with van der Waals surface area (Å²) in [5.74, 6) is 0. The molecule has 0 aromatic carbocycles. The molecule has 0 aromatic heterocycles. The van der Waals surface area contributed by atoms with Gasteiger partial charge < -0.3 is 10.3 Å². The number of aliphatic hydroxyl groups is 1. The summed E-state index contributed by atoms with van der Waals surface area (Å²) in [6.07, 6.45) is 1.35. The molecule has 0 aliphatic rings. The van der Waals surface area contributed by atoms with Crippen LogP contribution >= 0.6 is 0 Å². The van der Waals surface area contributed by atoms with Crippen molar-refractivity contribution in [3.63, 3.8) is 0 Å². The minimum absolute atomic E-state index is 0.160. The summed E-state index contributed by atoms with van der Waals surface area (Å²) >= 11 is 0. The van der Waals surface area contributed by atoms with E-state index in [-0.39, 0.29) is 6.61 Å². The Kier molecular flexibility index (Phi) is 4.26. The van der Waals surface area contributed by atoms with Crippen molar-refractivity contribution in [3.05, 3.63) is 0 Å². The number of oxime groups is 1. The van der Waals surface area contributed by atoms with Gasteiger partial charge in [-0.15, -0.1) is 0 Å².